The Bertz CT molecular complexity index is 1100. The topological polar surface area (TPSA) is 110 Å². The standard InChI is InChI=1S/C33H44O9/c1-22-28(38-19-24-10-6-4-7-11-24)14-26(18-34)41-31(22)17-33(36)40-21-27-15-29(39-20-25-12-8-5-9-13-25)23(2)30(42-27)16-32(35)37-3/h4-13,22-23,26-31,34H,14-21H2,1-3H3/t22-,23-,26+,27+,28+,29+,30+,31+/m0/s1. The van der Waals surface area contributed by atoms with E-state index in [2.05, 4.69) is 0 Å². The molecule has 0 amide bonds. The highest BCUT2D eigenvalue weighted by Crippen LogP contribution is 2.32. The zero-order valence-electron chi connectivity index (χ0n) is 24.8. The molecule has 230 valence electrons. The molecule has 1 N–H and O–H groups in total. The van der Waals surface area contributed by atoms with E-state index in [9.17, 15) is 14.7 Å². The third kappa shape index (κ3) is 9.34. The molecule has 2 aromatic rings. The van der Waals surface area contributed by atoms with Crippen LogP contribution in [0.1, 0.15) is 50.7 Å². The molecule has 4 rings (SSSR count). The van der Waals surface area contributed by atoms with Crippen LogP contribution in [0.2, 0.25) is 0 Å². The van der Waals surface area contributed by atoms with Gasteiger partial charge in [-0.3, -0.25) is 9.59 Å². The van der Waals surface area contributed by atoms with Gasteiger partial charge in [-0.1, -0.05) is 74.5 Å². The summed E-state index contributed by atoms with van der Waals surface area (Å²) in [6, 6.07) is 19.8. The Morgan fingerprint density at radius 3 is 1.74 bits per heavy atom. The van der Waals surface area contributed by atoms with Gasteiger partial charge >= 0.3 is 11.9 Å². The molecule has 0 saturated carbocycles. The van der Waals surface area contributed by atoms with Crippen molar-refractivity contribution in [2.75, 3.05) is 20.3 Å². The van der Waals surface area contributed by atoms with Crippen LogP contribution in [-0.2, 0) is 51.2 Å². The molecule has 2 aliphatic heterocycles. The lowest BCUT2D eigenvalue weighted by molar-refractivity contribution is -0.189. The number of methoxy groups -OCH3 is 1. The molecule has 2 aromatic carbocycles. The summed E-state index contributed by atoms with van der Waals surface area (Å²) in [5.74, 6) is -0.909. The van der Waals surface area contributed by atoms with E-state index in [1.807, 2.05) is 74.5 Å². The predicted molar refractivity (Wildman–Crippen MR) is 154 cm³/mol. The minimum atomic E-state index is -0.453. The zero-order valence-corrected chi connectivity index (χ0v) is 24.8. The van der Waals surface area contributed by atoms with Gasteiger partial charge in [-0.15, -0.1) is 0 Å². The Labute approximate surface area is 248 Å². The van der Waals surface area contributed by atoms with E-state index in [0.29, 0.717) is 26.1 Å². The zero-order chi connectivity index (χ0) is 29.9. The van der Waals surface area contributed by atoms with Gasteiger partial charge in [0.05, 0.1) is 76.4 Å². The maximum atomic E-state index is 13.0. The minimum absolute atomic E-state index is 0.0332. The first-order valence-electron chi connectivity index (χ1n) is 14.8. The fourth-order valence-corrected chi connectivity index (χ4v) is 5.62. The molecule has 2 aliphatic rings. The molecule has 0 bridgehead atoms. The van der Waals surface area contributed by atoms with Gasteiger partial charge in [-0.25, -0.2) is 0 Å². The Morgan fingerprint density at radius 1 is 0.762 bits per heavy atom. The van der Waals surface area contributed by atoms with E-state index in [0.717, 1.165) is 11.1 Å². The highest BCUT2D eigenvalue weighted by molar-refractivity contribution is 5.70. The molecular weight excluding hydrogens is 540 g/mol. The lowest BCUT2D eigenvalue weighted by atomic mass is 9.88. The molecule has 0 spiro atoms. The van der Waals surface area contributed by atoms with Gasteiger partial charge in [0.15, 0.2) is 0 Å². The first-order chi connectivity index (χ1) is 20.4. The molecule has 2 fully saturated rings. The van der Waals surface area contributed by atoms with Crippen LogP contribution in [-0.4, -0.2) is 74.0 Å². The first-order valence-corrected chi connectivity index (χ1v) is 14.8. The molecule has 0 aliphatic carbocycles. The second-order valence-electron chi connectivity index (χ2n) is 11.3. The molecule has 9 nitrogen and oxygen atoms in total. The van der Waals surface area contributed by atoms with Crippen molar-refractivity contribution in [3.63, 3.8) is 0 Å². The minimum Gasteiger partial charge on any atom is -0.469 e. The van der Waals surface area contributed by atoms with Gasteiger partial charge in [0.25, 0.3) is 0 Å². The summed E-state index contributed by atoms with van der Waals surface area (Å²) in [6.45, 7) is 4.77. The number of carbonyl (C=O) groups is 2. The number of carbonyl (C=O) groups excluding carboxylic acids is 2. The normalized spacial score (nSPS) is 29.5. The van der Waals surface area contributed by atoms with Crippen molar-refractivity contribution in [3.05, 3.63) is 71.8 Å². The van der Waals surface area contributed by atoms with E-state index in [-0.39, 0.29) is 56.1 Å². The van der Waals surface area contributed by atoms with Gasteiger partial charge in [-0.05, 0) is 11.1 Å². The highest BCUT2D eigenvalue weighted by Gasteiger charge is 2.40. The maximum Gasteiger partial charge on any atom is 0.308 e. The molecular formula is C33H44O9. The third-order valence-electron chi connectivity index (χ3n) is 8.28. The number of ether oxygens (including phenoxy) is 6. The monoisotopic (exact) mass is 584 g/mol. The number of aliphatic hydroxyl groups excluding tert-OH is 1. The molecule has 0 unspecified atom stereocenters. The van der Waals surface area contributed by atoms with E-state index in [4.69, 9.17) is 28.4 Å². The number of hydrogen-bond acceptors (Lipinski definition) is 9. The van der Waals surface area contributed by atoms with Gasteiger partial charge in [0.1, 0.15) is 6.61 Å². The van der Waals surface area contributed by atoms with Crippen LogP contribution >= 0.6 is 0 Å². The van der Waals surface area contributed by atoms with Gasteiger partial charge in [0, 0.05) is 24.7 Å². The summed E-state index contributed by atoms with van der Waals surface area (Å²) in [5.41, 5.74) is 2.11. The van der Waals surface area contributed by atoms with Crippen LogP contribution in [0.5, 0.6) is 0 Å². The van der Waals surface area contributed by atoms with Crippen molar-refractivity contribution in [3.8, 4) is 0 Å². The quantitative estimate of drug-likeness (QED) is 0.346. The Morgan fingerprint density at radius 2 is 1.24 bits per heavy atom. The largest absolute Gasteiger partial charge is 0.469 e. The SMILES string of the molecule is COC(=O)C[C@H]1O[C@@H](COC(=O)C[C@H]2O[C@@H](CO)C[C@@H](OCc3ccccc3)[C@@H]2C)C[C@@H](OCc2ccccc2)[C@@H]1C. The second kappa shape index (κ2) is 16.1. The van der Waals surface area contributed by atoms with E-state index >= 15 is 0 Å². The molecule has 42 heavy (non-hydrogen) atoms. The lowest BCUT2D eigenvalue weighted by Gasteiger charge is -2.40. The van der Waals surface area contributed by atoms with E-state index in [1.54, 1.807) is 0 Å². The van der Waals surface area contributed by atoms with Crippen molar-refractivity contribution in [1.82, 2.24) is 0 Å². The Balaban J connectivity index is 1.31. The van der Waals surface area contributed by atoms with Crippen LogP contribution in [0, 0.1) is 11.8 Å². The lowest BCUT2D eigenvalue weighted by Crippen LogP contribution is -2.47. The van der Waals surface area contributed by atoms with Crippen LogP contribution in [0.3, 0.4) is 0 Å². The van der Waals surface area contributed by atoms with Crippen molar-refractivity contribution >= 4 is 11.9 Å². The van der Waals surface area contributed by atoms with Crippen LogP contribution in [0.25, 0.3) is 0 Å². The Kier molecular flexibility index (Phi) is 12.3. The number of benzene rings is 2. The molecule has 2 heterocycles. The van der Waals surface area contributed by atoms with Gasteiger partial charge in [0.2, 0.25) is 0 Å². The smallest absolute Gasteiger partial charge is 0.308 e. The summed E-state index contributed by atoms with van der Waals surface area (Å²) >= 11 is 0. The Hall–Kier alpha value is -2.82. The number of hydrogen-bond donors (Lipinski definition) is 1. The van der Waals surface area contributed by atoms with E-state index in [1.165, 1.54) is 7.11 Å². The van der Waals surface area contributed by atoms with Gasteiger partial charge in [-0.2, -0.15) is 0 Å². The number of aliphatic hydroxyl groups is 1. The summed E-state index contributed by atoms with van der Waals surface area (Å²) in [7, 11) is 1.35. The summed E-state index contributed by atoms with van der Waals surface area (Å²) in [4.78, 5) is 25.0. The molecule has 0 radical (unpaired) electrons. The fraction of sp³-hybridized carbons (Fsp3) is 0.576. The van der Waals surface area contributed by atoms with Crippen molar-refractivity contribution in [2.24, 2.45) is 11.8 Å². The summed E-state index contributed by atoms with van der Waals surface area (Å²) < 4.78 is 35.2. The predicted octanol–water partition coefficient (Wildman–Crippen LogP) is 4.23. The van der Waals surface area contributed by atoms with Crippen molar-refractivity contribution in [1.29, 1.82) is 0 Å². The van der Waals surface area contributed by atoms with Crippen molar-refractivity contribution < 1.29 is 43.1 Å². The third-order valence-corrected chi connectivity index (χ3v) is 8.28. The number of esters is 2. The maximum absolute atomic E-state index is 13.0. The van der Waals surface area contributed by atoms with Crippen LogP contribution in [0.15, 0.2) is 60.7 Å². The van der Waals surface area contributed by atoms with Crippen LogP contribution in [0.4, 0.5) is 0 Å². The van der Waals surface area contributed by atoms with Crippen molar-refractivity contribution in [2.45, 2.75) is 89.4 Å². The average molecular weight is 585 g/mol. The van der Waals surface area contributed by atoms with Crippen LogP contribution < -0.4 is 0 Å². The fourth-order valence-electron chi connectivity index (χ4n) is 5.62. The molecule has 0 aromatic heterocycles. The summed E-state index contributed by atoms with van der Waals surface area (Å²) in [5, 5.41) is 9.82. The van der Waals surface area contributed by atoms with Gasteiger partial charge < -0.3 is 33.5 Å². The first kappa shape index (κ1) is 32.1. The molecule has 8 atom stereocenters. The molecule has 2 saturated heterocycles. The highest BCUT2D eigenvalue weighted by atomic mass is 16.6. The van der Waals surface area contributed by atoms with E-state index < -0.39 is 30.4 Å². The summed E-state index contributed by atoms with van der Waals surface area (Å²) in [6.07, 6.45) is -0.879. The number of rotatable bonds is 13. The molecule has 9 heteroatoms. The average Bonchev–Trinajstić information content (AvgIpc) is 3.01. The second-order valence-corrected chi connectivity index (χ2v) is 11.3.